The SMILES string of the molecule is CCCCCCCCS(=O)(=O)NCCC(=O)Nc1cc2c(cc1C1=C([O-])/C(=c3/cc4c(cc3NC(=O)CCNS(=O)(=O)CCCCCCCC)=[N+](CC)CC4)C1=O)CCN2CC. The Balaban J connectivity index is 1.36. The number of fused-ring (bicyclic) bond motifs is 2. The molecule has 2 aliphatic heterocycles. The van der Waals surface area contributed by atoms with Gasteiger partial charge in [-0.2, -0.15) is 0 Å². The van der Waals surface area contributed by atoms with E-state index >= 15 is 0 Å². The Morgan fingerprint density at radius 1 is 0.694 bits per heavy atom. The van der Waals surface area contributed by atoms with Crippen molar-refractivity contribution >= 4 is 65.9 Å². The number of benzene rings is 2. The second-order valence-corrected chi connectivity index (χ2v) is 20.5. The highest BCUT2D eigenvalue weighted by molar-refractivity contribution is 7.89. The van der Waals surface area contributed by atoms with Crippen LogP contribution in [0.1, 0.15) is 134 Å². The van der Waals surface area contributed by atoms with Crippen LogP contribution < -0.4 is 45.2 Å². The molecule has 4 N–H and O–H groups in total. The fraction of sp³-hybridized carbons (Fsp3) is 0.609. The Bertz CT molecular complexity index is 2340. The van der Waals surface area contributed by atoms with E-state index in [1.54, 1.807) is 24.3 Å². The van der Waals surface area contributed by atoms with Crippen LogP contribution in [0.25, 0.3) is 11.1 Å². The number of anilines is 3. The zero-order valence-electron chi connectivity index (χ0n) is 37.3. The van der Waals surface area contributed by atoms with Gasteiger partial charge in [0.15, 0.2) is 5.78 Å². The molecule has 2 aromatic carbocycles. The van der Waals surface area contributed by atoms with Crippen LogP contribution in [-0.4, -0.2) is 85.2 Å². The first kappa shape index (κ1) is 48.9. The maximum absolute atomic E-state index is 14.3. The predicted molar refractivity (Wildman–Crippen MR) is 246 cm³/mol. The van der Waals surface area contributed by atoms with Crippen molar-refractivity contribution < 1.29 is 36.3 Å². The van der Waals surface area contributed by atoms with Crippen molar-refractivity contribution in [1.29, 1.82) is 0 Å². The largest absolute Gasteiger partial charge is 0.871 e. The van der Waals surface area contributed by atoms with E-state index in [1.165, 1.54) is 0 Å². The summed E-state index contributed by atoms with van der Waals surface area (Å²) in [5.74, 6) is -1.96. The third-order valence-electron chi connectivity index (χ3n) is 12.1. The number of amides is 2. The van der Waals surface area contributed by atoms with Crippen LogP contribution in [0.3, 0.4) is 0 Å². The second-order valence-electron chi connectivity index (χ2n) is 16.7. The van der Waals surface area contributed by atoms with Gasteiger partial charge in [0.1, 0.15) is 13.1 Å². The number of allylic oxidation sites excluding steroid dienone is 2. The summed E-state index contributed by atoms with van der Waals surface area (Å²) >= 11 is 0. The van der Waals surface area contributed by atoms with E-state index in [9.17, 15) is 36.3 Å². The number of hydrogen-bond donors (Lipinski definition) is 4. The molecule has 0 radical (unpaired) electrons. The average molecular weight is 897 g/mol. The van der Waals surface area contributed by atoms with Gasteiger partial charge < -0.3 is 20.6 Å². The van der Waals surface area contributed by atoms with Crippen LogP contribution in [0.5, 0.6) is 0 Å². The highest BCUT2D eigenvalue weighted by Crippen LogP contribution is 2.42. The molecule has 0 spiro atoms. The van der Waals surface area contributed by atoms with Gasteiger partial charge in [0.05, 0.1) is 22.9 Å². The molecular weight excluding hydrogens is 829 g/mol. The summed E-state index contributed by atoms with van der Waals surface area (Å²) < 4.78 is 57.7. The number of carbonyl (C=O) groups excluding carboxylic acids is 3. The van der Waals surface area contributed by atoms with Gasteiger partial charge in [0, 0.05) is 84.7 Å². The number of nitrogens with one attached hydrogen (secondary N) is 4. The van der Waals surface area contributed by atoms with Crippen molar-refractivity contribution in [2.75, 3.05) is 66.3 Å². The van der Waals surface area contributed by atoms with Crippen molar-refractivity contribution in [2.45, 2.75) is 130 Å². The van der Waals surface area contributed by atoms with Crippen LogP contribution in [0.4, 0.5) is 17.1 Å². The zero-order valence-corrected chi connectivity index (χ0v) is 38.9. The maximum atomic E-state index is 14.3. The number of ketones is 1. The van der Waals surface area contributed by atoms with Gasteiger partial charge in [0.2, 0.25) is 37.2 Å². The van der Waals surface area contributed by atoms with E-state index in [1.807, 2.05) is 13.8 Å². The second kappa shape index (κ2) is 23.0. The molecule has 1 aliphatic carbocycles. The number of likely N-dealkylation sites (N-methyl/N-ethyl adjacent to an activating group) is 2. The molecule has 2 heterocycles. The highest BCUT2D eigenvalue weighted by atomic mass is 32.2. The molecule has 0 fully saturated rings. The number of Topliss-reactive ketones (excluding diaryl/α,β-unsaturated/α-hetero) is 1. The van der Waals surface area contributed by atoms with Crippen molar-refractivity contribution in [3.8, 4) is 0 Å². The fourth-order valence-corrected chi connectivity index (χ4v) is 10.8. The lowest BCUT2D eigenvalue weighted by Gasteiger charge is -2.32. The third kappa shape index (κ3) is 13.0. The first-order chi connectivity index (χ1) is 29.7. The minimum atomic E-state index is -3.55. The van der Waals surface area contributed by atoms with E-state index < -0.39 is 43.4 Å². The number of carbonyl (C=O) groups is 3. The highest BCUT2D eigenvalue weighted by Gasteiger charge is 2.34. The molecule has 5 rings (SSSR count). The molecule has 62 heavy (non-hydrogen) atoms. The Morgan fingerprint density at radius 3 is 1.81 bits per heavy atom. The van der Waals surface area contributed by atoms with Crippen LogP contribution in [0.15, 0.2) is 30.0 Å². The Labute approximate surface area is 368 Å². The predicted octanol–water partition coefficient (Wildman–Crippen LogP) is 3.86. The monoisotopic (exact) mass is 896 g/mol. The van der Waals surface area contributed by atoms with Gasteiger partial charge in [0.25, 0.3) is 0 Å². The molecular formula is C46H68N6O8S2. The zero-order chi connectivity index (χ0) is 44.9. The standard InChI is InChI=1S/C46H68N6O8S2/c1-5-9-11-13-15-17-27-61(57,58)47-23-19-41(53)49-37-31-39-33(21-25-51(39)7-3)29-35(37)43-45(55)44(46(43)56)36-30-34-22-26-52(8-4)40(34)32-38(36)50-42(54)20-24-48-62(59,60)28-18-16-14-12-10-6-2/h29-32,47-48H,5-28H2,1-4H3,(H2,49,50,53,54,55,56). The quantitative estimate of drug-likeness (QED) is 0.0761. The third-order valence-corrected chi connectivity index (χ3v) is 15.0. The topological polar surface area (TPSA) is 197 Å². The fourth-order valence-electron chi connectivity index (χ4n) is 8.52. The summed E-state index contributed by atoms with van der Waals surface area (Å²) in [6.07, 6.45) is 12.5. The first-order valence-corrected chi connectivity index (χ1v) is 26.2. The maximum Gasteiger partial charge on any atom is 0.225 e. The van der Waals surface area contributed by atoms with E-state index in [-0.39, 0.29) is 48.6 Å². The van der Waals surface area contributed by atoms with Crippen LogP contribution in [0, 0.1) is 0 Å². The van der Waals surface area contributed by atoms with Gasteiger partial charge in [-0.15, -0.1) is 0 Å². The van der Waals surface area contributed by atoms with Gasteiger partial charge in [-0.25, -0.2) is 30.9 Å². The molecule has 0 atom stereocenters. The van der Waals surface area contributed by atoms with Crippen molar-refractivity contribution in [3.05, 3.63) is 57.3 Å². The van der Waals surface area contributed by atoms with E-state index in [4.69, 9.17) is 0 Å². The van der Waals surface area contributed by atoms with E-state index in [2.05, 4.69) is 43.4 Å². The lowest BCUT2D eigenvalue weighted by Crippen LogP contribution is -2.37. The van der Waals surface area contributed by atoms with Crippen molar-refractivity contribution in [1.82, 2.24) is 14.0 Å². The van der Waals surface area contributed by atoms with Gasteiger partial charge in [-0.05, 0) is 56.9 Å². The molecule has 0 saturated carbocycles. The minimum Gasteiger partial charge on any atom is -0.871 e. The van der Waals surface area contributed by atoms with E-state index in [0.29, 0.717) is 47.8 Å². The molecule has 2 amide bonds. The minimum absolute atomic E-state index is 0.00267. The molecule has 2 aromatic rings. The molecule has 14 nitrogen and oxygen atoms in total. The van der Waals surface area contributed by atoms with Crippen molar-refractivity contribution in [3.63, 3.8) is 0 Å². The number of hydrogen-bond acceptors (Lipinski definition) is 9. The van der Waals surface area contributed by atoms with Gasteiger partial charge in [-0.3, -0.25) is 14.4 Å². The molecule has 3 aliphatic rings. The number of rotatable bonds is 27. The molecule has 0 bridgehead atoms. The lowest BCUT2D eigenvalue weighted by molar-refractivity contribution is -0.292. The van der Waals surface area contributed by atoms with Crippen LogP contribution >= 0.6 is 0 Å². The molecule has 0 saturated heterocycles. The lowest BCUT2D eigenvalue weighted by atomic mass is 9.80. The number of unbranched alkanes of at least 4 members (excludes halogenated alkanes) is 10. The Kier molecular flexibility index (Phi) is 18.1. The Hall–Kier alpha value is -4.12. The summed E-state index contributed by atoms with van der Waals surface area (Å²) in [6, 6.07) is 7.17. The summed E-state index contributed by atoms with van der Waals surface area (Å²) in [5, 5.41) is 21.2. The van der Waals surface area contributed by atoms with Gasteiger partial charge in [-0.1, -0.05) is 83.8 Å². The molecule has 342 valence electrons. The summed E-state index contributed by atoms with van der Waals surface area (Å²) in [4.78, 5) is 43.1. The van der Waals surface area contributed by atoms with Crippen LogP contribution in [0.2, 0.25) is 0 Å². The molecule has 0 unspecified atom stereocenters. The first-order valence-electron chi connectivity index (χ1n) is 22.9. The molecule has 0 aromatic heterocycles. The molecule has 16 heteroatoms. The average Bonchev–Trinajstić information content (AvgIpc) is 3.83. The van der Waals surface area contributed by atoms with Gasteiger partial charge >= 0.3 is 0 Å². The van der Waals surface area contributed by atoms with E-state index in [0.717, 1.165) is 113 Å². The summed E-state index contributed by atoms with van der Waals surface area (Å²) in [7, 11) is -7.10. The van der Waals surface area contributed by atoms with Crippen molar-refractivity contribution in [2.24, 2.45) is 0 Å². The summed E-state index contributed by atoms with van der Waals surface area (Å²) in [6.45, 7) is 11.0. The number of nitrogens with zero attached hydrogens (tertiary/aromatic N) is 2. The van der Waals surface area contributed by atoms with Crippen LogP contribution in [-0.2, 0) is 47.3 Å². The smallest absolute Gasteiger partial charge is 0.225 e. The summed E-state index contributed by atoms with van der Waals surface area (Å²) in [5.41, 5.74) is 3.52. The Morgan fingerprint density at radius 2 is 1.26 bits per heavy atom. The number of sulfonamides is 2. The normalized spacial score (nSPS) is 15.8.